The van der Waals surface area contributed by atoms with E-state index < -0.39 is 0 Å². The van der Waals surface area contributed by atoms with Gasteiger partial charge in [0.05, 0.1) is 36.3 Å². The van der Waals surface area contributed by atoms with Crippen molar-refractivity contribution in [1.29, 1.82) is 0 Å². The molecule has 7 aromatic carbocycles. The molecule has 0 radical (unpaired) electrons. The van der Waals surface area contributed by atoms with Crippen LogP contribution < -0.4 is 9.47 Å². The normalized spacial score (nSPS) is 11.9. The minimum absolute atomic E-state index is 0.778. The molecule has 0 unspecified atom stereocenters. The largest absolute Gasteiger partial charge is 0.496 e. The SMILES string of the molecule is COc1cc(/C=C/c2ccc(-n3c4ccccc4c4ccccc43)cc2)c(OC)cc1/C=C/c1ccc(-n2c3ccccc3c3ccccc32)cc1. The van der Waals surface area contributed by atoms with Crippen LogP contribution in [0.15, 0.2) is 158 Å². The van der Waals surface area contributed by atoms with Crippen LogP contribution in [0.5, 0.6) is 11.5 Å². The number of para-hydroxylation sites is 4. The molecule has 0 saturated carbocycles. The highest BCUT2D eigenvalue weighted by Gasteiger charge is 2.13. The highest BCUT2D eigenvalue weighted by molar-refractivity contribution is 6.10. The van der Waals surface area contributed by atoms with E-state index in [0.717, 1.165) is 45.1 Å². The second-order valence-electron chi connectivity index (χ2n) is 12.9. The zero-order valence-corrected chi connectivity index (χ0v) is 29.0. The molecule has 0 atom stereocenters. The van der Waals surface area contributed by atoms with Gasteiger partial charge in [0.25, 0.3) is 0 Å². The lowest BCUT2D eigenvalue weighted by atomic mass is 10.0. The number of hydrogen-bond acceptors (Lipinski definition) is 2. The minimum Gasteiger partial charge on any atom is -0.496 e. The molecule has 0 spiro atoms. The minimum atomic E-state index is 0.778. The van der Waals surface area contributed by atoms with Crippen LogP contribution >= 0.6 is 0 Å². The lowest BCUT2D eigenvalue weighted by molar-refractivity contribution is 0.401. The Morgan fingerprint density at radius 1 is 0.365 bits per heavy atom. The predicted octanol–water partition coefficient (Wildman–Crippen LogP) is 12.2. The molecule has 9 rings (SSSR count). The number of fused-ring (bicyclic) bond motifs is 6. The zero-order chi connectivity index (χ0) is 35.0. The molecule has 52 heavy (non-hydrogen) atoms. The number of aromatic nitrogens is 2. The molecule has 4 heteroatoms. The maximum Gasteiger partial charge on any atom is 0.126 e. The Morgan fingerprint density at radius 3 is 0.981 bits per heavy atom. The molecule has 4 nitrogen and oxygen atoms in total. The maximum absolute atomic E-state index is 5.86. The van der Waals surface area contributed by atoms with Crippen LogP contribution in [0.1, 0.15) is 22.3 Å². The van der Waals surface area contributed by atoms with E-state index in [0.29, 0.717) is 0 Å². The van der Waals surface area contributed by atoms with Crippen LogP contribution in [0, 0.1) is 0 Å². The summed E-state index contributed by atoms with van der Waals surface area (Å²) in [4.78, 5) is 0. The van der Waals surface area contributed by atoms with E-state index in [4.69, 9.17) is 9.47 Å². The first-order chi connectivity index (χ1) is 25.7. The van der Waals surface area contributed by atoms with E-state index in [9.17, 15) is 0 Å². The van der Waals surface area contributed by atoms with Crippen LogP contribution in [0.2, 0.25) is 0 Å². The Labute approximate surface area is 302 Å². The van der Waals surface area contributed by atoms with Crippen molar-refractivity contribution in [2.75, 3.05) is 14.2 Å². The van der Waals surface area contributed by atoms with Crippen molar-refractivity contribution in [1.82, 2.24) is 9.13 Å². The topological polar surface area (TPSA) is 28.3 Å². The van der Waals surface area contributed by atoms with E-state index >= 15 is 0 Å². The van der Waals surface area contributed by atoms with Gasteiger partial charge in [0.15, 0.2) is 0 Å². The molecule has 9 aromatic rings. The highest BCUT2D eigenvalue weighted by atomic mass is 16.5. The third-order valence-electron chi connectivity index (χ3n) is 9.96. The number of rotatable bonds is 8. The molecule has 0 amide bonds. The summed E-state index contributed by atoms with van der Waals surface area (Å²) in [6.45, 7) is 0. The van der Waals surface area contributed by atoms with E-state index in [1.54, 1.807) is 14.2 Å². The average molecular weight is 673 g/mol. The van der Waals surface area contributed by atoms with Gasteiger partial charge >= 0.3 is 0 Å². The summed E-state index contributed by atoms with van der Waals surface area (Å²) < 4.78 is 16.4. The summed E-state index contributed by atoms with van der Waals surface area (Å²) in [5.41, 5.74) is 11.2. The number of methoxy groups -OCH3 is 2. The Kier molecular flexibility index (Phi) is 7.90. The van der Waals surface area contributed by atoms with E-state index in [-0.39, 0.29) is 0 Å². The molecule has 0 saturated heterocycles. The van der Waals surface area contributed by atoms with Gasteiger partial charge in [-0.3, -0.25) is 0 Å². The monoisotopic (exact) mass is 672 g/mol. The number of ether oxygens (including phenoxy) is 2. The van der Waals surface area contributed by atoms with Crippen LogP contribution in [-0.4, -0.2) is 23.4 Å². The molecule has 2 heterocycles. The fourth-order valence-electron chi connectivity index (χ4n) is 7.45. The van der Waals surface area contributed by atoms with Crippen LogP contribution in [0.25, 0.3) is 79.3 Å². The lowest BCUT2D eigenvalue weighted by Gasteiger charge is -2.12. The molecule has 250 valence electrons. The summed E-state index contributed by atoms with van der Waals surface area (Å²) in [6.07, 6.45) is 8.39. The van der Waals surface area contributed by atoms with E-state index in [1.807, 2.05) is 12.1 Å². The second kappa shape index (κ2) is 13.2. The van der Waals surface area contributed by atoms with Gasteiger partial charge in [0.2, 0.25) is 0 Å². The van der Waals surface area contributed by atoms with Crippen molar-refractivity contribution in [2.45, 2.75) is 0 Å². The highest BCUT2D eigenvalue weighted by Crippen LogP contribution is 2.35. The molecule has 0 bridgehead atoms. The Bertz CT molecular complexity index is 2500. The molecule has 0 aliphatic heterocycles. The molecular weight excluding hydrogens is 637 g/mol. The predicted molar refractivity (Wildman–Crippen MR) is 219 cm³/mol. The molecule has 0 aliphatic rings. The third kappa shape index (κ3) is 5.42. The van der Waals surface area contributed by atoms with Crippen molar-refractivity contribution in [2.24, 2.45) is 0 Å². The van der Waals surface area contributed by atoms with Crippen LogP contribution in [0.4, 0.5) is 0 Å². The Hall–Kier alpha value is -6.78. The summed E-state index contributed by atoms with van der Waals surface area (Å²) in [7, 11) is 3.42. The van der Waals surface area contributed by atoms with Gasteiger partial charge in [-0.25, -0.2) is 0 Å². The van der Waals surface area contributed by atoms with Gasteiger partial charge in [-0.05, 0) is 71.8 Å². The van der Waals surface area contributed by atoms with E-state index in [1.165, 1.54) is 43.6 Å². The molecule has 2 aromatic heterocycles. The summed E-state index contributed by atoms with van der Waals surface area (Å²) in [5, 5.41) is 5.04. The van der Waals surface area contributed by atoms with Gasteiger partial charge in [-0.1, -0.05) is 121 Å². The lowest BCUT2D eigenvalue weighted by Crippen LogP contribution is -1.94. The van der Waals surface area contributed by atoms with Crippen molar-refractivity contribution >= 4 is 67.9 Å². The molecule has 0 aliphatic carbocycles. The summed E-state index contributed by atoms with van der Waals surface area (Å²) in [5.74, 6) is 1.56. The van der Waals surface area contributed by atoms with Crippen molar-refractivity contribution < 1.29 is 9.47 Å². The van der Waals surface area contributed by atoms with Gasteiger partial charge in [0, 0.05) is 44.0 Å². The van der Waals surface area contributed by atoms with Crippen molar-refractivity contribution in [3.8, 4) is 22.9 Å². The fourth-order valence-corrected chi connectivity index (χ4v) is 7.45. The first-order valence-electron chi connectivity index (χ1n) is 17.5. The standard InChI is InChI=1S/C48H36N2O2/c1-51-47-31-36(26-20-34-23-29-38(30-24-34)50-45-17-9-5-13-41(45)42-14-6-10-18-46(42)50)48(52-2)32-35(47)25-19-33-21-27-37(28-22-33)49-43-15-7-3-11-39(43)40-12-4-8-16-44(40)49/h3-32H,1-2H3/b25-19+,26-20+. The first-order valence-corrected chi connectivity index (χ1v) is 17.5. The zero-order valence-electron chi connectivity index (χ0n) is 29.0. The summed E-state index contributed by atoms with van der Waals surface area (Å²) >= 11 is 0. The quantitative estimate of drug-likeness (QED) is 0.150. The Morgan fingerprint density at radius 2 is 0.673 bits per heavy atom. The van der Waals surface area contributed by atoms with Gasteiger partial charge < -0.3 is 18.6 Å². The number of hydrogen-bond donors (Lipinski definition) is 0. The summed E-state index contributed by atoms with van der Waals surface area (Å²) in [6, 6.07) is 55.7. The van der Waals surface area contributed by atoms with Crippen LogP contribution in [0.3, 0.4) is 0 Å². The maximum atomic E-state index is 5.86. The average Bonchev–Trinajstić information content (AvgIpc) is 3.73. The second-order valence-corrected chi connectivity index (χ2v) is 12.9. The molecular formula is C48H36N2O2. The van der Waals surface area contributed by atoms with Gasteiger partial charge in [-0.2, -0.15) is 0 Å². The fraction of sp³-hybridized carbons (Fsp3) is 0.0417. The third-order valence-corrected chi connectivity index (χ3v) is 9.96. The van der Waals surface area contributed by atoms with Crippen molar-refractivity contribution in [3.63, 3.8) is 0 Å². The first kappa shape index (κ1) is 31.2. The smallest absolute Gasteiger partial charge is 0.126 e. The van der Waals surface area contributed by atoms with Crippen molar-refractivity contribution in [3.05, 3.63) is 180 Å². The van der Waals surface area contributed by atoms with E-state index in [2.05, 4.69) is 179 Å². The Balaban J connectivity index is 0.970. The van der Waals surface area contributed by atoms with Crippen LogP contribution in [-0.2, 0) is 0 Å². The molecule has 0 fully saturated rings. The number of benzene rings is 7. The number of nitrogens with zero attached hydrogens (tertiary/aromatic N) is 2. The van der Waals surface area contributed by atoms with Gasteiger partial charge in [0.1, 0.15) is 11.5 Å². The molecule has 0 N–H and O–H groups in total. The van der Waals surface area contributed by atoms with Gasteiger partial charge in [-0.15, -0.1) is 0 Å².